The summed E-state index contributed by atoms with van der Waals surface area (Å²) >= 11 is 0. The zero-order valence-electron chi connectivity index (χ0n) is 10.9. The molecule has 3 rings (SSSR count). The number of hydrogen-bond donors (Lipinski definition) is 2. The van der Waals surface area contributed by atoms with Gasteiger partial charge in [-0.2, -0.15) is 27.0 Å². The van der Waals surface area contributed by atoms with Crippen LogP contribution in [0.5, 0.6) is 0 Å². The molecular weight excluding hydrogens is 276 g/mol. The summed E-state index contributed by atoms with van der Waals surface area (Å²) in [6.45, 7) is 0.840. The van der Waals surface area contributed by atoms with Crippen LogP contribution >= 0.6 is 27.0 Å². The highest BCUT2D eigenvalue weighted by Crippen LogP contribution is 2.34. The van der Waals surface area contributed by atoms with Gasteiger partial charge < -0.3 is 10.6 Å². The van der Waals surface area contributed by atoms with E-state index in [4.69, 9.17) is 0 Å². The Morgan fingerprint density at radius 3 is 2.37 bits per heavy atom. The van der Waals surface area contributed by atoms with Crippen LogP contribution in [0.4, 0.5) is 0 Å². The predicted molar refractivity (Wildman–Crippen MR) is 87.2 cm³/mol. The van der Waals surface area contributed by atoms with Crippen molar-refractivity contribution in [3.05, 3.63) is 35.9 Å². The molecule has 0 bridgehead atoms. The Labute approximate surface area is 128 Å². The Bertz CT molecular complexity index is 409. The topological polar surface area (TPSA) is 41.1 Å². The Balaban J connectivity index is 0.000000902. The van der Waals surface area contributed by atoms with Crippen molar-refractivity contribution in [2.24, 2.45) is 5.92 Å². The zero-order chi connectivity index (χ0) is 11.7. The van der Waals surface area contributed by atoms with Gasteiger partial charge in [0.15, 0.2) is 0 Å². The van der Waals surface area contributed by atoms with Crippen LogP contribution in [-0.4, -0.2) is 18.5 Å². The molecule has 2 N–H and O–H groups in total. The lowest BCUT2D eigenvalue weighted by molar-refractivity contribution is -0.125. The third-order valence-electron chi connectivity index (χ3n) is 3.67. The second kappa shape index (κ2) is 7.22. The maximum Gasteiger partial charge on any atom is 0.237 e. The molecule has 1 heterocycles. The third kappa shape index (κ3) is 4.16. The molecule has 2 atom stereocenters. The van der Waals surface area contributed by atoms with Crippen LogP contribution in [0.25, 0.3) is 0 Å². The van der Waals surface area contributed by atoms with Gasteiger partial charge in [-0.25, -0.2) is 0 Å². The Kier molecular flexibility index (Phi) is 6.23. The highest BCUT2D eigenvalue weighted by molar-refractivity contribution is 7.59. The Morgan fingerprint density at radius 1 is 1.11 bits per heavy atom. The summed E-state index contributed by atoms with van der Waals surface area (Å²) in [5, 5.41) is 6.49. The third-order valence-corrected chi connectivity index (χ3v) is 3.67. The van der Waals surface area contributed by atoms with Crippen molar-refractivity contribution in [1.82, 2.24) is 10.6 Å². The minimum Gasteiger partial charge on any atom is -0.347 e. The molecule has 1 saturated heterocycles. The summed E-state index contributed by atoms with van der Waals surface area (Å²) in [5.41, 5.74) is 1.18. The first kappa shape index (κ1) is 16.4. The fourth-order valence-corrected chi connectivity index (χ4v) is 2.44. The molecule has 0 spiro atoms. The molecule has 1 amide bonds. The van der Waals surface area contributed by atoms with Crippen LogP contribution < -0.4 is 10.6 Å². The largest absolute Gasteiger partial charge is 0.347 e. The molecule has 106 valence electrons. The van der Waals surface area contributed by atoms with Crippen molar-refractivity contribution in [2.45, 2.75) is 31.3 Å². The normalized spacial score (nSPS) is 25.8. The van der Waals surface area contributed by atoms with E-state index in [1.54, 1.807) is 0 Å². The molecule has 0 aromatic heterocycles. The van der Waals surface area contributed by atoms with Crippen molar-refractivity contribution in [3.8, 4) is 0 Å². The van der Waals surface area contributed by atoms with Crippen molar-refractivity contribution in [2.75, 3.05) is 6.54 Å². The fourth-order valence-electron chi connectivity index (χ4n) is 2.44. The fraction of sp³-hybridized carbons (Fsp3) is 0.500. The maximum atomic E-state index is 12.0. The first-order valence-electron chi connectivity index (χ1n) is 6.41. The highest BCUT2D eigenvalue weighted by atomic mass is 32.1. The van der Waals surface area contributed by atoms with E-state index in [0.717, 1.165) is 18.9 Å². The minimum atomic E-state index is 0. The van der Waals surface area contributed by atoms with Crippen molar-refractivity contribution < 1.29 is 4.79 Å². The van der Waals surface area contributed by atoms with Crippen LogP contribution in [0.2, 0.25) is 0 Å². The summed E-state index contributed by atoms with van der Waals surface area (Å²) < 4.78 is 0. The van der Waals surface area contributed by atoms with Gasteiger partial charge in [-0.15, -0.1) is 0 Å². The van der Waals surface area contributed by atoms with E-state index < -0.39 is 0 Å². The van der Waals surface area contributed by atoms with Gasteiger partial charge in [-0.3, -0.25) is 4.79 Å². The average molecular weight is 298 g/mol. The van der Waals surface area contributed by atoms with Crippen molar-refractivity contribution in [3.63, 3.8) is 0 Å². The van der Waals surface area contributed by atoms with Crippen molar-refractivity contribution >= 4 is 32.9 Å². The van der Waals surface area contributed by atoms with E-state index in [-0.39, 0.29) is 45.0 Å². The number of piperazine rings is 1. The van der Waals surface area contributed by atoms with Gasteiger partial charge in [-0.05, 0) is 17.9 Å². The smallest absolute Gasteiger partial charge is 0.237 e. The van der Waals surface area contributed by atoms with Gasteiger partial charge >= 0.3 is 0 Å². The summed E-state index contributed by atoms with van der Waals surface area (Å²) in [7, 11) is 0. The van der Waals surface area contributed by atoms with Gasteiger partial charge in [0.1, 0.15) is 0 Å². The van der Waals surface area contributed by atoms with E-state index in [1.165, 1.54) is 18.4 Å². The second-order valence-corrected chi connectivity index (χ2v) is 5.11. The molecule has 0 unspecified atom stereocenters. The monoisotopic (exact) mass is 298 g/mol. The molecule has 1 aromatic carbocycles. The summed E-state index contributed by atoms with van der Waals surface area (Å²) in [5.74, 6) is 0.948. The molecule has 19 heavy (non-hydrogen) atoms. The second-order valence-electron chi connectivity index (χ2n) is 5.11. The lowest BCUT2D eigenvalue weighted by Gasteiger charge is -2.30. The van der Waals surface area contributed by atoms with Crippen LogP contribution in [0.1, 0.15) is 30.9 Å². The first-order valence-corrected chi connectivity index (χ1v) is 6.41. The molecule has 2 fully saturated rings. The zero-order valence-corrected chi connectivity index (χ0v) is 12.9. The molecule has 1 aromatic rings. The van der Waals surface area contributed by atoms with E-state index in [2.05, 4.69) is 22.8 Å². The Hall–Kier alpha value is -0.650. The minimum absolute atomic E-state index is 0. The lowest BCUT2D eigenvalue weighted by atomic mass is 10.0. The number of rotatable bonds is 3. The SMILES string of the molecule is O=C1N[C@@H](c2ccccc2)CN[C@H]1CC1CC1.S.S. The summed E-state index contributed by atoms with van der Waals surface area (Å²) in [6, 6.07) is 10.3. The lowest BCUT2D eigenvalue weighted by Crippen LogP contribution is -2.54. The van der Waals surface area contributed by atoms with Gasteiger partial charge in [0.2, 0.25) is 5.91 Å². The van der Waals surface area contributed by atoms with Gasteiger partial charge in [0.05, 0.1) is 12.1 Å². The van der Waals surface area contributed by atoms with Crippen LogP contribution in [0, 0.1) is 5.92 Å². The highest BCUT2D eigenvalue weighted by Gasteiger charge is 2.33. The molecule has 1 aliphatic carbocycles. The quantitative estimate of drug-likeness (QED) is 0.894. The average Bonchev–Trinajstić information content (AvgIpc) is 3.17. The standard InChI is InChI=1S/C14H18N2O.2H2S/c17-14-12(8-10-6-7-10)15-9-13(16-14)11-4-2-1-3-5-11;;/h1-5,10,12-13,15H,6-9H2,(H,16,17);2*1H2/t12-,13+;;/m0../s1. The Morgan fingerprint density at radius 2 is 1.79 bits per heavy atom. The molecule has 1 saturated carbocycles. The molecule has 0 radical (unpaired) electrons. The molecule has 3 nitrogen and oxygen atoms in total. The van der Waals surface area contributed by atoms with E-state index in [0.29, 0.717) is 0 Å². The molecular formula is C14H22N2OS2. The van der Waals surface area contributed by atoms with Gasteiger partial charge in [0, 0.05) is 6.54 Å². The van der Waals surface area contributed by atoms with Gasteiger partial charge in [0.25, 0.3) is 0 Å². The van der Waals surface area contributed by atoms with E-state index in [9.17, 15) is 4.79 Å². The van der Waals surface area contributed by atoms with Crippen molar-refractivity contribution in [1.29, 1.82) is 0 Å². The number of carbonyl (C=O) groups excluding carboxylic acids is 1. The summed E-state index contributed by atoms with van der Waals surface area (Å²) in [6.07, 6.45) is 3.61. The number of nitrogens with one attached hydrogen (secondary N) is 2. The van der Waals surface area contributed by atoms with Crippen LogP contribution in [0.3, 0.4) is 0 Å². The van der Waals surface area contributed by atoms with Crippen LogP contribution in [-0.2, 0) is 4.79 Å². The molecule has 2 aliphatic rings. The maximum absolute atomic E-state index is 12.0. The molecule has 5 heteroatoms. The molecule has 1 aliphatic heterocycles. The van der Waals surface area contributed by atoms with Gasteiger partial charge in [-0.1, -0.05) is 43.2 Å². The summed E-state index contributed by atoms with van der Waals surface area (Å²) in [4.78, 5) is 12.0. The number of benzene rings is 1. The number of hydrogen-bond acceptors (Lipinski definition) is 2. The number of carbonyl (C=O) groups is 1. The number of amides is 1. The van der Waals surface area contributed by atoms with E-state index in [1.807, 2.05) is 18.2 Å². The first-order chi connectivity index (χ1) is 8.33. The van der Waals surface area contributed by atoms with E-state index >= 15 is 0 Å². The predicted octanol–water partition coefficient (Wildman–Crippen LogP) is 1.84. The van der Waals surface area contributed by atoms with Crippen LogP contribution in [0.15, 0.2) is 30.3 Å².